The molecule has 3 aliphatic heterocycles. The number of thioether (sulfide) groups is 1. The minimum atomic E-state index is -0.0508. The number of carbonyl (C=O) groups excluding carboxylic acids is 2. The van der Waals surface area contributed by atoms with Gasteiger partial charge in [0.1, 0.15) is 0 Å². The number of imidazole rings is 1. The van der Waals surface area contributed by atoms with E-state index in [1.807, 2.05) is 4.90 Å². The normalized spacial score (nSPS) is 22.8. The van der Waals surface area contributed by atoms with Gasteiger partial charge in [0.15, 0.2) is 5.16 Å². The number of nitrogens with one attached hydrogen (secondary N) is 2. The van der Waals surface area contributed by atoms with E-state index < -0.39 is 0 Å². The van der Waals surface area contributed by atoms with Crippen molar-refractivity contribution < 1.29 is 9.59 Å². The Morgan fingerprint density at radius 2 is 2.35 bits per heavy atom. The van der Waals surface area contributed by atoms with Crippen LogP contribution >= 0.6 is 11.8 Å². The molecule has 0 radical (unpaired) electrons. The third-order valence-corrected chi connectivity index (χ3v) is 5.50. The molecule has 0 aliphatic carbocycles. The third-order valence-electron chi connectivity index (χ3n) is 4.53. The molecule has 9 heteroatoms. The summed E-state index contributed by atoms with van der Waals surface area (Å²) in [5.41, 5.74) is 1.03. The molecule has 124 valence electrons. The summed E-state index contributed by atoms with van der Waals surface area (Å²) in [7, 11) is 0. The van der Waals surface area contributed by atoms with E-state index in [9.17, 15) is 9.59 Å². The quantitative estimate of drug-likeness (QED) is 0.811. The van der Waals surface area contributed by atoms with E-state index >= 15 is 0 Å². The van der Waals surface area contributed by atoms with Crippen molar-refractivity contribution in [1.29, 1.82) is 0 Å². The van der Waals surface area contributed by atoms with Gasteiger partial charge >= 0.3 is 12.1 Å². The Morgan fingerprint density at radius 3 is 3.22 bits per heavy atom. The van der Waals surface area contributed by atoms with Gasteiger partial charge in [0, 0.05) is 57.6 Å². The van der Waals surface area contributed by atoms with Crippen LogP contribution in [0.1, 0.15) is 5.69 Å². The average molecular weight is 336 g/mol. The number of fused-ring (bicyclic) bond motifs is 2. The zero-order valence-corrected chi connectivity index (χ0v) is 13.6. The summed E-state index contributed by atoms with van der Waals surface area (Å²) in [6, 6.07) is 0.0426. The fourth-order valence-electron chi connectivity index (χ4n) is 3.28. The van der Waals surface area contributed by atoms with Crippen molar-refractivity contribution in [2.24, 2.45) is 0 Å². The highest BCUT2D eigenvalue weighted by atomic mass is 32.2. The van der Waals surface area contributed by atoms with Crippen molar-refractivity contribution in [3.8, 4) is 0 Å². The van der Waals surface area contributed by atoms with Gasteiger partial charge in [0.25, 0.3) is 0 Å². The molecule has 0 bridgehead atoms. The van der Waals surface area contributed by atoms with Gasteiger partial charge in [-0.25, -0.2) is 14.6 Å². The van der Waals surface area contributed by atoms with Crippen LogP contribution in [0, 0.1) is 0 Å². The zero-order chi connectivity index (χ0) is 15.8. The van der Waals surface area contributed by atoms with Crippen LogP contribution in [0.3, 0.4) is 0 Å². The van der Waals surface area contributed by atoms with Crippen LogP contribution in [-0.2, 0) is 13.0 Å². The molecule has 1 unspecified atom stereocenters. The molecule has 23 heavy (non-hydrogen) atoms. The molecule has 0 saturated carbocycles. The molecule has 4 rings (SSSR count). The predicted molar refractivity (Wildman–Crippen MR) is 85.5 cm³/mol. The van der Waals surface area contributed by atoms with Crippen molar-refractivity contribution in [2.75, 3.05) is 38.5 Å². The van der Waals surface area contributed by atoms with Crippen molar-refractivity contribution >= 4 is 23.8 Å². The van der Waals surface area contributed by atoms with Crippen LogP contribution in [0.2, 0.25) is 0 Å². The summed E-state index contributed by atoms with van der Waals surface area (Å²) >= 11 is 1.78. The van der Waals surface area contributed by atoms with E-state index in [1.54, 1.807) is 16.7 Å². The minimum absolute atomic E-state index is 0.0132. The number of hydrogen-bond acceptors (Lipinski definition) is 4. The Balaban J connectivity index is 1.24. The predicted octanol–water partition coefficient (Wildman–Crippen LogP) is -0.0497. The maximum atomic E-state index is 12.3. The van der Waals surface area contributed by atoms with Gasteiger partial charge < -0.3 is 25.0 Å². The Hall–Kier alpha value is -1.90. The Labute approximate surface area is 138 Å². The second-order valence-electron chi connectivity index (χ2n) is 6.02. The molecule has 0 aromatic carbocycles. The molecule has 1 aromatic heterocycles. The summed E-state index contributed by atoms with van der Waals surface area (Å²) in [5, 5.41) is 6.87. The van der Waals surface area contributed by atoms with Crippen molar-refractivity contribution in [3.05, 3.63) is 11.9 Å². The van der Waals surface area contributed by atoms with Crippen molar-refractivity contribution in [1.82, 2.24) is 30.0 Å². The summed E-state index contributed by atoms with van der Waals surface area (Å²) in [4.78, 5) is 32.0. The SMILES string of the molecule is O=C(NCCc1cn2c(n1)SCC2)N1CCN2C(=O)NCC2C1. The lowest BCUT2D eigenvalue weighted by molar-refractivity contribution is 0.130. The van der Waals surface area contributed by atoms with Crippen LogP contribution < -0.4 is 10.6 Å². The fourth-order valence-corrected chi connectivity index (χ4v) is 4.24. The zero-order valence-electron chi connectivity index (χ0n) is 12.8. The third kappa shape index (κ3) is 2.85. The lowest BCUT2D eigenvalue weighted by Crippen LogP contribution is -2.56. The molecule has 4 heterocycles. The van der Waals surface area contributed by atoms with Crippen LogP contribution in [-0.4, -0.2) is 75.9 Å². The highest BCUT2D eigenvalue weighted by Crippen LogP contribution is 2.24. The number of nitrogens with zero attached hydrogens (tertiary/aromatic N) is 4. The number of rotatable bonds is 3. The van der Waals surface area contributed by atoms with Crippen LogP contribution in [0.25, 0.3) is 0 Å². The minimum Gasteiger partial charge on any atom is -0.338 e. The lowest BCUT2D eigenvalue weighted by Gasteiger charge is -2.36. The maximum absolute atomic E-state index is 12.3. The highest BCUT2D eigenvalue weighted by molar-refractivity contribution is 7.99. The van der Waals surface area contributed by atoms with Crippen LogP contribution in [0.15, 0.2) is 11.4 Å². The molecule has 2 N–H and O–H groups in total. The second kappa shape index (κ2) is 5.95. The molecule has 3 aliphatic rings. The molecular weight excluding hydrogens is 316 g/mol. The molecule has 8 nitrogen and oxygen atoms in total. The standard InChI is InChI=1S/C14H20N6O2S/c21-12(18-3-4-20-11(9-18)7-16-13(20)22)15-2-1-10-8-19-5-6-23-14(19)17-10/h8,11H,1-7,9H2,(H,15,21)(H,16,22). The first-order chi connectivity index (χ1) is 11.2. The smallest absolute Gasteiger partial charge is 0.317 e. The fraction of sp³-hybridized carbons (Fsp3) is 0.643. The van der Waals surface area contributed by atoms with Gasteiger partial charge in [-0.3, -0.25) is 0 Å². The molecule has 0 spiro atoms. The van der Waals surface area contributed by atoms with Gasteiger partial charge in [0.05, 0.1) is 11.7 Å². The Kier molecular flexibility index (Phi) is 3.80. The van der Waals surface area contributed by atoms with Crippen molar-refractivity contribution in [2.45, 2.75) is 24.2 Å². The number of aryl methyl sites for hydroxylation is 1. The lowest BCUT2D eigenvalue weighted by atomic mass is 10.2. The Bertz CT molecular complexity index is 611. The monoisotopic (exact) mass is 336 g/mol. The molecule has 2 saturated heterocycles. The first-order valence-electron chi connectivity index (χ1n) is 7.97. The van der Waals surface area contributed by atoms with Gasteiger partial charge in [0.2, 0.25) is 0 Å². The second-order valence-corrected chi connectivity index (χ2v) is 7.08. The molecule has 1 aromatic rings. The molecule has 4 amide bonds. The molecule has 2 fully saturated rings. The summed E-state index contributed by atoms with van der Waals surface area (Å²) in [5.74, 6) is 1.10. The topological polar surface area (TPSA) is 82.5 Å². The number of amides is 4. The summed E-state index contributed by atoms with van der Waals surface area (Å²) < 4.78 is 2.17. The molecular formula is C14H20N6O2S. The van der Waals surface area contributed by atoms with E-state index in [-0.39, 0.29) is 18.1 Å². The van der Waals surface area contributed by atoms with E-state index in [1.165, 1.54) is 0 Å². The van der Waals surface area contributed by atoms with Gasteiger partial charge in [-0.05, 0) is 0 Å². The maximum Gasteiger partial charge on any atom is 0.317 e. The molecule has 1 atom stereocenters. The van der Waals surface area contributed by atoms with Gasteiger partial charge in [-0.2, -0.15) is 0 Å². The van der Waals surface area contributed by atoms with E-state index in [0.717, 1.165) is 29.6 Å². The van der Waals surface area contributed by atoms with Gasteiger partial charge in [-0.1, -0.05) is 11.8 Å². The van der Waals surface area contributed by atoms with E-state index in [4.69, 9.17) is 0 Å². The van der Waals surface area contributed by atoms with Crippen LogP contribution in [0.5, 0.6) is 0 Å². The Morgan fingerprint density at radius 1 is 1.43 bits per heavy atom. The largest absolute Gasteiger partial charge is 0.338 e. The summed E-state index contributed by atoms with van der Waals surface area (Å²) in [6.07, 6.45) is 2.83. The van der Waals surface area contributed by atoms with Gasteiger partial charge in [-0.15, -0.1) is 0 Å². The first kappa shape index (κ1) is 14.7. The van der Waals surface area contributed by atoms with E-state index in [2.05, 4.69) is 26.4 Å². The highest BCUT2D eigenvalue weighted by Gasteiger charge is 2.36. The first-order valence-corrected chi connectivity index (χ1v) is 8.95. The number of aromatic nitrogens is 2. The number of carbonyl (C=O) groups is 2. The average Bonchev–Trinajstić information content (AvgIpc) is 3.22. The number of piperazine rings is 1. The van der Waals surface area contributed by atoms with E-state index in [0.29, 0.717) is 32.7 Å². The number of hydrogen-bond donors (Lipinski definition) is 2. The summed E-state index contributed by atoms with van der Waals surface area (Å²) in [6.45, 7) is 4.03. The number of urea groups is 2. The van der Waals surface area contributed by atoms with Crippen LogP contribution in [0.4, 0.5) is 9.59 Å². The van der Waals surface area contributed by atoms with Crippen molar-refractivity contribution in [3.63, 3.8) is 0 Å².